The van der Waals surface area contributed by atoms with E-state index in [-0.39, 0.29) is 0 Å². The summed E-state index contributed by atoms with van der Waals surface area (Å²) in [7, 11) is 0. The van der Waals surface area contributed by atoms with Crippen LogP contribution in [0.2, 0.25) is 0 Å². The summed E-state index contributed by atoms with van der Waals surface area (Å²) in [4.78, 5) is 8.98. The van der Waals surface area contributed by atoms with Crippen molar-refractivity contribution in [2.24, 2.45) is 0 Å². The first kappa shape index (κ1) is 15.1. The molecule has 4 aromatic rings. The normalized spacial score (nSPS) is 11.2. The zero-order valence-corrected chi connectivity index (χ0v) is 14.3. The predicted octanol–water partition coefficient (Wildman–Crippen LogP) is 4.26. The number of imidazole rings is 1. The molecule has 0 aliphatic carbocycles. The van der Waals surface area contributed by atoms with Crippen LogP contribution in [0, 0.1) is 0 Å². The lowest BCUT2D eigenvalue weighted by atomic mass is 10.2. The van der Waals surface area contributed by atoms with E-state index >= 15 is 0 Å². The number of aromatic nitrogens is 3. The molecule has 4 rings (SSSR count). The van der Waals surface area contributed by atoms with Crippen LogP contribution in [0.15, 0.2) is 60.4 Å². The van der Waals surface area contributed by atoms with E-state index < -0.39 is 0 Å². The Morgan fingerprint density at radius 3 is 2.92 bits per heavy atom. The van der Waals surface area contributed by atoms with Gasteiger partial charge in [-0.1, -0.05) is 25.1 Å². The van der Waals surface area contributed by atoms with E-state index in [1.165, 1.54) is 5.56 Å². The van der Waals surface area contributed by atoms with Crippen molar-refractivity contribution in [3.8, 4) is 16.3 Å². The number of benzene rings is 2. The summed E-state index contributed by atoms with van der Waals surface area (Å²) in [5, 5.41) is 6.39. The first-order valence-electron chi connectivity index (χ1n) is 8.02. The monoisotopic (exact) mass is 334 g/mol. The predicted molar refractivity (Wildman–Crippen MR) is 99.6 cm³/mol. The number of hydrogen-bond acceptors (Lipinski definition) is 4. The number of fused-ring (bicyclic) bond motifs is 1. The van der Waals surface area contributed by atoms with E-state index in [1.807, 2.05) is 17.9 Å². The van der Waals surface area contributed by atoms with Gasteiger partial charge in [-0.25, -0.2) is 9.97 Å². The molecule has 120 valence electrons. The topological polar surface area (TPSA) is 42.7 Å². The van der Waals surface area contributed by atoms with Crippen molar-refractivity contribution < 1.29 is 0 Å². The molecular formula is C19H18N4S. The number of rotatable bonds is 5. The van der Waals surface area contributed by atoms with Crippen molar-refractivity contribution in [3.05, 3.63) is 65.9 Å². The smallest absolute Gasteiger partial charge is 0.123 e. The van der Waals surface area contributed by atoms with Crippen LogP contribution in [0.25, 0.3) is 27.3 Å². The van der Waals surface area contributed by atoms with Crippen molar-refractivity contribution in [1.82, 2.24) is 19.9 Å². The van der Waals surface area contributed by atoms with Crippen LogP contribution >= 0.6 is 11.3 Å². The van der Waals surface area contributed by atoms with Crippen LogP contribution in [0.4, 0.5) is 0 Å². The molecule has 5 heteroatoms. The maximum atomic E-state index is 4.58. The largest absolute Gasteiger partial charge is 0.313 e. The fraction of sp³-hybridized carbons (Fsp3) is 0.158. The van der Waals surface area contributed by atoms with Crippen LogP contribution in [0.1, 0.15) is 12.5 Å². The summed E-state index contributed by atoms with van der Waals surface area (Å²) in [6.45, 7) is 3.96. The molecule has 0 spiro atoms. The van der Waals surface area contributed by atoms with E-state index in [4.69, 9.17) is 0 Å². The first-order chi connectivity index (χ1) is 11.8. The van der Waals surface area contributed by atoms with Gasteiger partial charge in [-0.3, -0.25) is 4.57 Å². The van der Waals surface area contributed by atoms with E-state index in [1.54, 1.807) is 11.3 Å². The Kier molecular flexibility index (Phi) is 4.11. The lowest BCUT2D eigenvalue weighted by Crippen LogP contribution is -2.11. The zero-order valence-electron chi connectivity index (χ0n) is 13.4. The SMILES string of the molecule is CCNCc1ccc2c(c1)ncn2-c1cccc(-c2nccs2)c1. The second-order valence-electron chi connectivity index (χ2n) is 5.61. The highest BCUT2D eigenvalue weighted by atomic mass is 32.1. The van der Waals surface area contributed by atoms with Crippen LogP contribution in [0.5, 0.6) is 0 Å². The molecule has 0 fully saturated rings. The minimum Gasteiger partial charge on any atom is -0.313 e. The summed E-state index contributed by atoms with van der Waals surface area (Å²) in [5.74, 6) is 0. The Balaban J connectivity index is 1.73. The molecule has 1 N–H and O–H groups in total. The molecule has 0 aliphatic rings. The third kappa shape index (κ3) is 2.84. The fourth-order valence-electron chi connectivity index (χ4n) is 2.80. The van der Waals surface area contributed by atoms with Crippen molar-refractivity contribution >= 4 is 22.4 Å². The fourth-order valence-corrected chi connectivity index (χ4v) is 3.43. The Morgan fingerprint density at radius 2 is 2.08 bits per heavy atom. The Bertz CT molecular complexity index is 957. The van der Waals surface area contributed by atoms with Crippen LogP contribution in [0.3, 0.4) is 0 Å². The van der Waals surface area contributed by atoms with Gasteiger partial charge in [0.25, 0.3) is 0 Å². The third-order valence-corrected chi connectivity index (χ3v) is 4.82. The van der Waals surface area contributed by atoms with Crippen LogP contribution in [-0.4, -0.2) is 21.1 Å². The first-order valence-corrected chi connectivity index (χ1v) is 8.90. The highest BCUT2D eigenvalue weighted by Crippen LogP contribution is 2.26. The molecule has 0 atom stereocenters. The standard InChI is InChI=1S/C19H18N4S/c1-2-20-12-14-6-7-18-17(10-14)22-13-23(18)16-5-3-4-15(11-16)19-21-8-9-24-19/h3-11,13,20H,2,12H2,1H3. The molecule has 2 aromatic heterocycles. The van der Waals surface area contributed by atoms with E-state index in [9.17, 15) is 0 Å². The molecule has 4 nitrogen and oxygen atoms in total. The number of nitrogens with zero attached hydrogens (tertiary/aromatic N) is 3. The summed E-state index contributed by atoms with van der Waals surface area (Å²) in [6.07, 6.45) is 3.73. The maximum absolute atomic E-state index is 4.58. The minimum atomic E-state index is 0.874. The van der Waals surface area contributed by atoms with Gasteiger partial charge in [-0.05, 0) is 36.4 Å². The summed E-state index contributed by atoms with van der Waals surface area (Å²) in [6, 6.07) is 14.9. The lowest BCUT2D eigenvalue weighted by Gasteiger charge is -2.07. The molecule has 0 bridgehead atoms. The quantitative estimate of drug-likeness (QED) is 0.593. The maximum Gasteiger partial charge on any atom is 0.123 e. The van der Waals surface area contributed by atoms with Crippen molar-refractivity contribution in [2.75, 3.05) is 6.54 Å². The highest BCUT2D eigenvalue weighted by Gasteiger charge is 2.07. The second-order valence-corrected chi connectivity index (χ2v) is 6.50. The summed E-state index contributed by atoms with van der Waals surface area (Å²) < 4.78 is 2.13. The van der Waals surface area contributed by atoms with Gasteiger partial charge in [0, 0.05) is 29.4 Å². The molecule has 0 unspecified atom stereocenters. The molecule has 2 aromatic carbocycles. The van der Waals surface area contributed by atoms with Gasteiger partial charge in [0.1, 0.15) is 11.3 Å². The molecule has 0 amide bonds. The van der Waals surface area contributed by atoms with E-state index in [0.717, 1.165) is 40.4 Å². The number of thiazole rings is 1. The van der Waals surface area contributed by atoms with E-state index in [0.29, 0.717) is 0 Å². The van der Waals surface area contributed by atoms with E-state index in [2.05, 4.69) is 69.2 Å². The summed E-state index contributed by atoms with van der Waals surface area (Å²) in [5.41, 5.74) is 5.63. The Hall–Kier alpha value is -2.50. The van der Waals surface area contributed by atoms with Gasteiger partial charge >= 0.3 is 0 Å². The van der Waals surface area contributed by atoms with Gasteiger partial charge in [0.15, 0.2) is 0 Å². The molecule has 0 aliphatic heterocycles. The van der Waals surface area contributed by atoms with Gasteiger partial charge in [0.2, 0.25) is 0 Å². The summed E-state index contributed by atoms with van der Waals surface area (Å²) >= 11 is 1.65. The van der Waals surface area contributed by atoms with Crippen molar-refractivity contribution in [1.29, 1.82) is 0 Å². The van der Waals surface area contributed by atoms with Crippen LogP contribution in [-0.2, 0) is 6.54 Å². The molecule has 2 heterocycles. The molecule has 0 radical (unpaired) electrons. The van der Waals surface area contributed by atoms with Gasteiger partial charge in [-0.15, -0.1) is 11.3 Å². The van der Waals surface area contributed by atoms with Crippen molar-refractivity contribution in [3.63, 3.8) is 0 Å². The number of hydrogen-bond donors (Lipinski definition) is 1. The molecule has 0 saturated heterocycles. The highest BCUT2D eigenvalue weighted by molar-refractivity contribution is 7.13. The zero-order chi connectivity index (χ0) is 16.4. The Morgan fingerprint density at radius 1 is 1.12 bits per heavy atom. The average Bonchev–Trinajstić information content (AvgIpc) is 3.29. The van der Waals surface area contributed by atoms with Crippen LogP contribution < -0.4 is 5.32 Å². The van der Waals surface area contributed by atoms with Gasteiger partial charge in [0.05, 0.1) is 11.0 Å². The molecular weight excluding hydrogens is 316 g/mol. The minimum absolute atomic E-state index is 0.874. The molecule has 24 heavy (non-hydrogen) atoms. The average molecular weight is 334 g/mol. The van der Waals surface area contributed by atoms with Crippen molar-refractivity contribution in [2.45, 2.75) is 13.5 Å². The second kappa shape index (κ2) is 6.55. The third-order valence-electron chi connectivity index (χ3n) is 3.99. The Labute approximate surface area is 144 Å². The lowest BCUT2D eigenvalue weighted by molar-refractivity contribution is 0.727. The van der Waals surface area contributed by atoms with Gasteiger partial charge in [-0.2, -0.15) is 0 Å². The number of nitrogens with one attached hydrogen (secondary N) is 1. The molecule has 0 saturated carbocycles. The van der Waals surface area contributed by atoms with Gasteiger partial charge < -0.3 is 5.32 Å².